The quantitative estimate of drug-likeness (QED) is 0.677. The molecule has 156 valence electrons. The molecule has 0 saturated carbocycles. The number of piperazine rings is 1. The zero-order valence-corrected chi connectivity index (χ0v) is 19.0. The van der Waals surface area contributed by atoms with Gasteiger partial charge < -0.3 is 9.80 Å². The summed E-state index contributed by atoms with van der Waals surface area (Å²) in [6.45, 7) is 10.2. The first-order valence-corrected chi connectivity index (χ1v) is 12.3. The van der Waals surface area contributed by atoms with Crippen LogP contribution in [0.4, 0.5) is 5.69 Å². The van der Waals surface area contributed by atoms with Crippen molar-refractivity contribution >= 4 is 34.7 Å². The smallest absolute Gasteiger partial charge is 0.233 e. The number of hydrogen-bond donors (Lipinski definition) is 0. The maximum Gasteiger partial charge on any atom is 0.233 e. The standard InChI is InChI=1S/C22H30N4OS2/c1-17-6-3-4-8-20(17)25-12-10-24(11-13-25)19-7-5-9-26(14-19)21(27)16-29-22-23-18(2)15-28-22/h3-4,6,8,15,19H,5,7,9-14,16H2,1-2H3/t19-/m0/s1. The summed E-state index contributed by atoms with van der Waals surface area (Å²) in [5.74, 6) is 0.756. The van der Waals surface area contributed by atoms with Crippen molar-refractivity contribution in [2.75, 3.05) is 49.9 Å². The van der Waals surface area contributed by atoms with E-state index in [2.05, 4.69) is 50.9 Å². The number of para-hydroxylation sites is 1. The molecule has 0 spiro atoms. The molecule has 1 amide bonds. The van der Waals surface area contributed by atoms with Gasteiger partial charge in [0.15, 0.2) is 4.34 Å². The fourth-order valence-electron chi connectivity index (χ4n) is 4.34. The summed E-state index contributed by atoms with van der Waals surface area (Å²) in [6.07, 6.45) is 2.31. The van der Waals surface area contributed by atoms with Crippen LogP contribution in [-0.4, -0.2) is 71.8 Å². The van der Waals surface area contributed by atoms with E-state index in [-0.39, 0.29) is 5.91 Å². The average molecular weight is 431 g/mol. The zero-order chi connectivity index (χ0) is 20.2. The molecule has 5 nitrogen and oxygen atoms in total. The number of nitrogens with zero attached hydrogens (tertiary/aromatic N) is 4. The van der Waals surface area contributed by atoms with Crippen molar-refractivity contribution in [2.45, 2.75) is 37.1 Å². The predicted octanol–water partition coefficient (Wildman–Crippen LogP) is 3.67. The molecule has 4 rings (SSSR count). The second-order valence-electron chi connectivity index (χ2n) is 7.99. The fraction of sp³-hybridized carbons (Fsp3) is 0.545. The lowest BCUT2D eigenvalue weighted by Crippen LogP contribution is -2.56. The summed E-state index contributed by atoms with van der Waals surface area (Å²) < 4.78 is 0.997. The Bertz CT molecular complexity index is 832. The van der Waals surface area contributed by atoms with Crippen LogP contribution in [0.15, 0.2) is 34.0 Å². The largest absolute Gasteiger partial charge is 0.369 e. The van der Waals surface area contributed by atoms with Crippen LogP contribution in [0.1, 0.15) is 24.1 Å². The molecule has 2 aliphatic rings. The molecule has 2 saturated heterocycles. The molecule has 2 fully saturated rings. The first-order valence-electron chi connectivity index (χ1n) is 10.5. The van der Waals surface area contributed by atoms with Gasteiger partial charge in [0.2, 0.25) is 5.91 Å². The number of carbonyl (C=O) groups is 1. The minimum absolute atomic E-state index is 0.256. The normalized spacial score (nSPS) is 20.8. The van der Waals surface area contributed by atoms with Crippen molar-refractivity contribution in [3.8, 4) is 0 Å². The third-order valence-electron chi connectivity index (χ3n) is 5.95. The molecule has 2 aromatic rings. The van der Waals surface area contributed by atoms with Gasteiger partial charge in [-0.15, -0.1) is 11.3 Å². The minimum atomic E-state index is 0.256. The first-order chi connectivity index (χ1) is 14.1. The summed E-state index contributed by atoms with van der Waals surface area (Å²) in [5.41, 5.74) is 3.75. The highest BCUT2D eigenvalue weighted by Gasteiger charge is 2.30. The Morgan fingerprint density at radius 1 is 1.17 bits per heavy atom. The molecule has 3 heterocycles. The SMILES string of the molecule is Cc1csc(SCC(=O)N2CCC[C@H](N3CCN(c4ccccc4C)CC3)C2)n1. The lowest BCUT2D eigenvalue weighted by atomic mass is 10.0. The number of rotatable bonds is 5. The number of piperidine rings is 1. The van der Waals surface area contributed by atoms with Gasteiger partial charge in [-0.2, -0.15) is 0 Å². The van der Waals surface area contributed by atoms with Crippen molar-refractivity contribution in [1.82, 2.24) is 14.8 Å². The van der Waals surface area contributed by atoms with Gasteiger partial charge in [0.25, 0.3) is 0 Å². The molecule has 0 N–H and O–H groups in total. The molecule has 1 aromatic carbocycles. The van der Waals surface area contributed by atoms with Crippen LogP contribution in [0.3, 0.4) is 0 Å². The molecule has 2 aliphatic heterocycles. The predicted molar refractivity (Wildman–Crippen MR) is 122 cm³/mol. The highest BCUT2D eigenvalue weighted by atomic mass is 32.2. The molecule has 29 heavy (non-hydrogen) atoms. The van der Waals surface area contributed by atoms with E-state index in [1.165, 1.54) is 17.7 Å². The van der Waals surface area contributed by atoms with Crippen molar-refractivity contribution in [2.24, 2.45) is 0 Å². The van der Waals surface area contributed by atoms with E-state index in [1.54, 1.807) is 23.1 Å². The van der Waals surface area contributed by atoms with Crippen LogP contribution >= 0.6 is 23.1 Å². The van der Waals surface area contributed by atoms with E-state index < -0.39 is 0 Å². The summed E-state index contributed by atoms with van der Waals surface area (Å²) >= 11 is 3.20. The van der Waals surface area contributed by atoms with E-state index in [1.807, 2.05) is 12.3 Å². The molecule has 0 aliphatic carbocycles. The molecule has 0 radical (unpaired) electrons. The minimum Gasteiger partial charge on any atom is -0.369 e. The highest BCUT2D eigenvalue weighted by Crippen LogP contribution is 2.25. The Hall–Kier alpha value is -1.57. The number of likely N-dealkylation sites (tertiary alicyclic amines) is 1. The van der Waals surface area contributed by atoms with Crippen LogP contribution in [0.25, 0.3) is 0 Å². The van der Waals surface area contributed by atoms with Crippen molar-refractivity contribution in [3.05, 3.63) is 40.9 Å². The van der Waals surface area contributed by atoms with Crippen LogP contribution in [-0.2, 0) is 4.79 Å². The third-order valence-corrected chi connectivity index (χ3v) is 8.08. The van der Waals surface area contributed by atoms with Crippen molar-refractivity contribution < 1.29 is 4.79 Å². The van der Waals surface area contributed by atoms with Gasteiger partial charge in [0, 0.05) is 62.1 Å². The fourth-order valence-corrected chi connectivity index (χ4v) is 6.09. The molecule has 1 atom stereocenters. The van der Waals surface area contributed by atoms with Crippen LogP contribution < -0.4 is 4.90 Å². The topological polar surface area (TPSA) is 39.7 Å². The molecular weight excluding hydrogens is 400 g/mol. The monoisotopic (exact) mass is 430 g/mol. The van der Waals surface area contributed by atoms with Gasteiger partial charge in [-0.1, -0.05) is 30.0 Å². The molecule has 7 heteroatoms. The average Bonchev–Trinajstić information content (AvgIpc) is 3.18. The Morgan fingerprint density at radius 2 is 1.97 bits per heavy atom. The van der Waals surface area contributed by atoms with Gasteiger partial charge in [0.1, 0.15) is 0 Å². The second kappa shape index (κ2) is 9.49. The molecule has 0 bridgehead atoms. The van der Waals surface area contributed by atoms with E-state index in [0.29, 0.717) is 11.8 Å². The van der Waals surface area contributed by atoms with E-state index >= 15 is 0 Å². The van der Waals surface area contributed by atoms with Gasteiger partial charge >= 0.3 is 0 Å². The first kappa shape index (κ1) is 20.7. The maximum atomic E-state index is 12.7. The van der Waals surface area contributed by atoms with Crippen LogP contribution in [0.5, 0.6) is 0 Å². The summed E-state index contributed by atoms with van der Waals surface area (Å²) in [4.78, 5) is 24.4. The zero-order valence-electron chi connectivity index (χ0n) is 17.3. The van der Waals surface area contributed by atoms with Gasteiger partial charge in [-0.05, 0) is 38.3 Å². The van der Waals surface area contributed by atoms with Gasteiger partial charge in [-0.25, -0.2) is 4.98 Å². The number of aromatic nitrogens is 1. The second-order valence-corrected chi connectivity index (χ2v) is 10.1. The Kier molecular flexibility index (Phi) is 6.77. The summed E-state index contributed by atoms with van der Waals surface area (Å²) in [7, 11) is 0. The van der Waals surface area contributed by atoms with Gasteiger partial charge in [-0.3, -0.25) is 9.69 Å². The Balaban J connectivity index is 1.27. The Labute approximate surface area is 182 Å². The number of thioether (sulfide) groups is 1. The number of benzene rings is 1. The summed E-state index contributed by atoms with van der Waals surface area (Å²) in [6, 6.07) is 9.16. The van der Waals surface area contributed by atoms with Crippen molar-refractivity contribution in [1.29, 1.82) is 0 Å². The number of anilines is 1. The maximum absolute atomic E-state index is 12.7. The number of amides is 1. The summed E-state index contributed by atoms with van der Waals surface area (Å²) in [5, 5.41) is 2.04. The van der Waals surface area contributed by atoms with Crippen LogP contribution in [0, 0.1) is 13.8 Å². The van der Waals surface area contributed by atoms with Crippen LogP contribution in [0.2, 0.25) is 0 Å². The van der Waals surface area contributed by atoms with Gasteiger partial charge in [0.05, 0.1) is 5.75 Å². The van der Waals surface area contributed by atoms with E-state index in [4.69, 9.17) is 0 Å². The molecular formula is C22H30N4OS2. The lowest BCUT2D eigenvalue weighted by molar-refractivity contribution is -0.130. The van der Waals surface area contributed by atoms with Crippen molar-refractivity contribution in [3.63, 3.8) is 0 Å². The van der Waals surface area contributed by atoms with E-state index in [9.17, 15) is 4.79 Å². The lowest BCUT2D eigenvalue weighted by Gasteiger charge is -2.44. The molecule has 1 aromatic heterocycles. The number of thiazole rings is 1. The molecule has 0 unspecified atom stereocenters. The highest BCUT2D eigenvalue weighted by molar-refractivity contribution is 8.01. The number of aryl methyl sites for hydroxylation is 2. The number of hydrogen-bond acceptors (Lipinski definition) is 6. The Morgan fingerprint density at radius 3 is 2.69 bits per heavy atom. The number of carbonyl (C=O) groups excluding carboxylic acids is 1. The third kappa shape index (κ3) is 5.13. The van der Waals surface area contributed by atoms with E-state index in [0.717, 1.165) is 55.7 Å².